The van der Waals surface area contributed by atoms with Gasteiger partial charge in [-0.05, 0) is 30.9 Å². The van der Waals surface area contributed by atoms with E-state index in [1.54, 1.807) is 0 Å². The van der Waals surface area contributed by atoms with Gasteiger partial charge in [0.2, 0.25) is 0 Å². The Morgan fingerprint density at radius 2 is 1.92 bits per heavy atom. The topological polar surface area (TPSA) is 9.23 Å². The Bertz CT molecular complexity index is 249. The zero-order valence-electron chi connectivity index (χ0n) is 8.07. The third-order valence-corrected chi connectivity index (χ3v) is 2.82. The molecule has 70 valence electrons. The molecule has 0 saturated heterocycles. The van der Waals surface area contributed by atoms with Crippen molar-refractivity contribution in [1.29, 1.82) is 0 Å². The SMILES string of the molecule is CC[C@H]1C[C@@H](Oc2ccccc2)C1. The summed E-state index contributed by atoms with van der Waals surface area (Å²) in [4.78, 5) is 0. The largest absolute Gasteiger partial charge is 0.490 e. The molecule has 1 aliphatic rings. The molecule has 0 bridgehead atoms. The Balaban J connectivity index is 1.81. The van der Waals surface area contributed by atoms with Crippen LogP contribution in [0.25, 0.3) is 0 Å². The van der Waals surface area contributed by atoms with E-state index in [1.165, 1.54) is 19.3 Å². The van der Waals surface area contributed by atoms with E-state index in [1.807, 2.05) is 30.3 Å². The van der Waals surface area contributed by atoms with Crippen molar-refractivity contribution in [3.63, 3.8) is 0 Å². The van der Waals surface area contributed by atoms with Crippen LogP contribution < -0.4 is 4.74 Å². The van der Waals surface area contributed by atoms with Crippen LogP contribution in [0.2, 0.25) is 0 Å². The van der Waals surface area contributed by atoms with Crippen molar-refractivity contribution in [2.24, 2.45) is 5.92 Å². The highest BCUT2D eigenvalue weighted by Crippen LogP contribution is 2.33. The number of hydrogen-bond donors (Lipinski definition) is 0. The maximum atomic E-state index is 5.78. The first kappa shape index (κ1) is 8.61. The number of ether oxygens (including phenoxy) is 1. The van der Waals surface area contributed by atoms with Crippen LogP contribution in [0.5, 0.6) is 5.75 Å². The normalized spacial score (nSPS) is 26.5. The van der Waals surface area contributed by atoms with E-state index in [0.29, 0.717) is 6.10 Å². The van der Waals surface area contributed by atoms with Crippen LogP contribution in [0.1, 0.15) is 26.2 Å². The van der Waals surface area contributed by atoms with Crippen LogP contribution in [0, 0.1) is 5.92 Å². The minimum Gasteiger partial charge on any atom is -0.490 e. The van der Waals surface area contributed by atoms with Gasteiger partial charge in [-0.15, -0.1) is 0 Å². The molecule has 13 heavy (non-hydrogen) atoms. The Kier molecular flexibility index (Phi) is 2.53. The van der Waals surface area contributed by atoms with Crippen LogP contribution >= 0.6 is 0 Å². The molecule has 1 saturated carbocycles. The highest BCUT2D eigenvalue weighted by atomic mass is 16.5. The van der Waals surface area contributed by atoms with Gasteiger partial charge in [0, 0.05) is 0 Å². The minimum absolute atomic E-state index is 0.479. The van der Waals surface area contributed by atoms with Crippen molar-refractivity contribution in [2.75, 3.05) is 0 Å². The lowest BCUT2D eigenvalue weighted by Gasteiger charge is -2.34. The molecule has 1 nitrogen and oxygen atoms in total. The number of hydrogen-bond acceptors (Lipinski definition) is 1. The highest BCUT2D eigenvalue weighted by molar-refractivity contribution is 5.21. The summed E-state index contributed by atoms with van der Waals surface area (Å²) in [6.07, 6.45) is 4.26. The molecular formula is C12H16O. The first-order valence-corrected chi connectivity index (χ1v) is 5.10. The molecule has 0 radical (unpaired) electrons. The second-order valence-electron chi connectivity index (χ2n) is 3.80. The van der Waals surface area contributed by atoms with Crippen LogP contribution in [0.15, 0.2) is 30.3 Å². The zero-order chi connectivity index (χ0) is 9.10. The van der Waals surface area contributed by atoms with E-state index < -0.39 is 0 Å². The van der Waals surface area contributed by atoms with Gasteiger partial charge in [0.1, 0.15) is 5.75 Å². The molecule has 1 aromatic carbocycles. The lowest BCUT2D eigenvalue weighted by atomic mass is 9.80. The number of benzene rings is 1. The predicted octanol–water partition coefficient (Wildman–Crippen LogP) is 3.25. The van der Waals surface area contributed by atoms with Crippen molar-refractivity contribution < 1.29 is 4.74 Å². The maximum Gasteiger partial charge on any atom is 0.119 e. The monoisotopic (exact) mass is 176 g/mol. The average Bonchev–Trinajstić information content (AvgIpc) is 2.12. The molecule has 0 N–H and O–H groups in total. The summed E-state index contributed by atoms with van der Waals surface area (Å²) in [5.74, 6) is 1.93. The van der Waals surface area contributed by atoms with Crippen LogP contribution in [-0.4, -0.2) is 6.10 Å². The van der Waals surface area contributed by atoms with Crippen molar-refractivity contribution >= 4 is 0 Å². The molecule has 2 rings (SSSR count). The second kappa shape index (κ2) is 3.82. The van der Waals surface area contributed by atoms with E-state index in [2.05, 4.69) is 6.92 Å². The highest BCUT2D eigenvalue weighted by Gasteiger charge is 2.28. The molecular weight excluding hydrogens is 160 g/mol. The Labute approximate surface area is 79.7 Å². The molecule has 0 aromatic heterocycles. The fourth-order valence-electron chi connectivity index (χ4n) is 1.80. The van der Waals surface area contributed by atoms with E-state index in [4.69, 9.17) is 4.74 Å². The summed E-state index contributed by atoms with van der Waals surface area (Å²) in [6, 6.07) is 10.1. The first-order chi connectivity index (χ1) is 6.38. The summed E-state index contributed by atoms with van der Waals surface area (Å²) in [5, 5.41) is 0. The number of rotatable bonds is 3. The Morgan fingerprint density at radius 3 is 2.54 bits per heavy atom. The molecule has 1 aromatic rings. The quantitative estimate of drug-likeness (QED) is 0.687. The zero-order valence-corrected chi connectivity index (χ0v) is 8.07. The molecule has 0 heterocycles. The lowest BCUT2D eigenvalue weighted by molar-refractivity contribution is 0.0631. The van der Waals surface area contributed by atoms with Gasteiger partial charge in [-0.1, -0.05) is 31.5 Å². The van der Waals surface area contributed by atoms with E-state index in [-0.39, 0.29) is 0 Å². The summed E-state index contributed by atoms with van der Waals surface area (Å²) < 4.78 is 5.78. The Hall–Kier alpha value is -0.980. The summed E-state index contributed by atoms with van der Waals surface area (Å²) in [5.41, 5.74) is 0. The van der Waals surface area contributed by atoms with Gasteiger partial charge in [0.05, 0.1) is 6.10 Å². The van der Waals surface area contributed by atoms with Gasteiger partial charge >= 0.3 is 0 Å². The van der Waals surface area contributed by atoms with Gasteiger partial charge in [-0.25, -0.2) is 0 Å². The van der Waals surface area contributed by atoms with Gasteiger partial charge in [0.25, 0.3) is 0 Å². The van der Waals surface area contributed by atoms with Crippen molar-refractivity contribution in [3.8, 4) is 5.75 Å². The van der Waals surface area contributed by atoms with E-state index in [0.717, 1.165) is 11.7 Å². The molecule has 0 aliphatic heterocycles. The minimum atomic E-state index is 0.479. The van der Waals surface area contributed by atoms with Crippen molar-refractivity contribution in [2.45, 2.75) is 32.3 Å². The third-order valence-electron chi connectivity index (χ3n) is 2.82. The molecule has 0 spiro atoms. The molecule has 1 aliphatic carbocycles. The lowest BCUT2D eigenvalue weighted by Crippen LogP contribution is -2.33. The standard InChI is InChI=1S/C12H16O/c1-2-10-8-12(9-10)13-11-6-4-3-5-7-11/h3-7,10,12H,2,8-9H2,1H3/t10-,12+. The first-order valence-electron chi connectivity index (χ1n) is 5.10. The van der Waals surface area contributed by atoms with Gasteiger partial charge in [-0.3, -0.25) is 0 Å². The third kappa shape index (κ3) is 2.03. The summed E-state index contributed by atoms with van der Waals surface area (Å²) in [6.45, 7) is 2.25. The van der Waals surface area contributed by atoms with Gasteiger partial charge < -0.3 is 4.74 Å². The van der Waals surface area contributed by atoms with Gasteiger partial charge in [0.15, 0.2) is 0 Å². The van der Waals surface area contributed by atoms with Crippen LogP contribution in [0.3, 0.4) is 0 Å². The molecule has 1 fully saturated rings. The van der Waals surface area contributed by atoms with Gasteiger partial charge in [-0.2, -0.15) is 0 Å². The smallest absolute Gasteiger partial charge is 0.119 e. The van der Waals surface area contributed by atoms with Crippen molar-refractivity contribution in [3.05, 3.63) is 30.3 Å². The molecule has 0 amide bonds. The second-order valence-corrected chi connectivity index (χ2v) is 3.80. The van der Waals surface area contributed by atoms with E-state index >= 15 is 0 Å². The van der Waals surface area contributed by atoms with E-state index in [9.17, 15) is 0 Å². The molecule has 0 unspecified atom stereocenters. The Morgan fingerprint density at radius 1 is 1.23 bits per heavy atom. The average molecular weight is 176 g/mol. The van der Waals surface area contributed by atoms with Crippen molar-refractivity contribution in [1.82, 2.24) is 0 Å². The number of para-hydroxylation sites is 1. The fraction of sp³-hybridized carbons (Fsp3) is 0.500. The predicted molar refractivity (Wildman–Crippen MR) is 53.9 cm³/mol. The molecule has 0 atom stereocenters. The molecule has 1 heteroatoms. The maximum absolute atomic E-state index is 5.78. The fourth-order valence-corrected chi connectivity index (χ4v) is 1.80. The van der Waals surface area contributed by atoms with Crippen LogP contribution in [-0.2, 0) is 0 Å². The van der Waals surface area contributed by atoms with Crippen LogP contribution in [0.4, 0.5) is 0 Å². The summed E-state index contributed by atoms with van der Waals surface area (Å²) in [7, 11) is 0. The summed E-state index contributed by atoms with van der Waals surface area (Å²) >= 11 is 0.